The lowest BCUT2D eigenvalue weighted by atomic mass is 9.86. The van der Waals surface area contributed by atoms with Crippen molar-refractivity contribution in [2.45, 2.75) is 51.8 Å². The molecule has 0 aliphatic carbocycles. The van der Waals surface area contributed by atoms with Gasteiger partial charge in [0, 0.05) is 48.1 Å². The van der Waals surface area contributed by atoms with E-state index in [-0.39, 0.29) is 39.8 Å². The third kappa shape index (κ3) is 6.21. The third-order valence-electron chi connectivity index (χ3n) is 6.26. The van der Waals surface area contributed by atoms with Crippen molar-refractivity contribution in [1.29, 1.82) is 0 Å². The van der Waals surface area contributed by atoms with Crippen molar-refractivity contribution in [3.63, 3.8) is 0 Å². The molecule has 37 heavy (non-hydrogen) atoms. The molecule has 0 aromatic heterocycles. The maximum Gasteiger partial charge on any atom is 0.435 e. The number of unbranched alkanes of at least 4 members (excludes halogenated alkanes) is 1. The highest BCUT2D eigenvalue weighted by atomic mass is 35.5. The first-order chi connectivity index (χ1) is 17.3. The smallest absolute Gasteiger partial charge is 0.374 e. The zero-order chi connectivity index (χ0) is 27.5. The first-order valence-corrected chi connectivity index (χ1v) is 12.4. The number of carbonyl (C=O) groups is 2. The average Bonchev–Trinajstić information content (AvgIpc) is 3.27. The van der Waals surface area contributed by atoms with Gasteiger partial charge in [0.05, 0.1) is 12.4 Å². The van der Waals surface area contributed by atoms with Gasteiger partial charge in [-0.3, -0.25) is 9.59 Å². The van der Waals surface area contributed by atoms with Crippen LogP contribution in [0.4, 0.5) is 13.2 Å². The number of alkyl halides is 3. The summed E-state index contributed by atoms with van der Waals surface area (Å²) >= 11 is 11.9. The molecule has 0 spiro atoms. The fraction of sp³-hybridized carbons (Fsp3) is 0.423. The van der Waals surface area contributed by atoms with E-state index in [1.807, 2.05) is 6.92 Å². The van der Waals surface area contributed by atoms with Gasteiger partial charge in [-0.25, -0.2) is 0 Å². The number of amides is 2. The molecule has 0 fully saturated rings. The quantitative estimate of drug-likeness (QED) is 0.345. The first kappa shape index (κ1) is 28.8. The van der Waals surface area contributed by atoms with E-state index >= 15 is 0 Å². The molecule has 1 atom stereocenters. The van der Waals surface area contributed by atoms with Crippen LogP contribution in [-0.2, 0) is 15.2 Å². The normalized spacial score (nSPS) is 17.3. The van der Waals surface area contributed by atoms with Crippen LogP contribution in [0.2, 0.25) is 10.0 Å². The number of nitrogens with zero attached hydrogens (tertiary/aromatic N) is 3. The molecule has 2 aromatic rings. The van der Waals surface area contributed by atoms with E-state index in [0.29, 0.717) is 23.2 Å². The van der Waals surface area contributed by atoms with Crippen molar-refractivity contribution in [3.8, 4) is 0 Å². The van der Waals surface area contributed by atoms with Crippen molar-refractivity contribution in [1.82, 2.24) is 9.80 Å². The summed E-state index contributed by atoms with van der Waals surface area (Å²) in [6.07, 6.45) is -3.67. The Morgan fingerprint density at radius 1 is 1.14 bits per heavy atom. The number of halogens is 5. The molecule has 6 nitrogen and oxygen atoms in total. The Morgan fingerprint density at radius 2 is 1.78 bits per heavy atom. The number of aryl methyl sites for hydroxylation is 1. The van der Waals surface area contributed by atoms with Crippen LogP contribution in [0.15, 0.2) is 41.6 Å². The Bertz CT molecular complexity index is 1200. The van der Waals surface area contributed by atoms with Gasteiger partial charge in [0.15, 0.2) is 0 Å². The van der Waals surface area contributed by atoms with Crippen molar-refractivity contribution >= 4 is 40.7 Å². The highest BCUT2D eigenvalue weighted by Gasteiger charge is 2.62. The predicted octanol–water partition coefficient (Wildman–Crippen LogP) is 6.56. The van der Waals surface area contributed by atoms with Gasteiger partial charge in [0.2, 0.25) is 5.91 Å². The van der Waals surface area contributed by atoms with Gasteiger partial charge in [0.25, 0.3) is 11.5 Å². The summed E-state index contributed by atoms with van der Waals surface area (Å²) in [7, 11) is 1.60. The van der Waals surface area contributed by atoms with Crippen LogP contribution in [-0.4, -0.2) is 53.8 Å². The molecule has 1 heterocycles. The molecule has 1 aliphatic rings. The van der Waals surface area contributed by atoms with Crippen LogP contribution in [0.3, 0.4) is 0 Å². The second-order valence-corrected chi connectivity index (χ2v) is 9.97. The van der Waals surface area contributed by atoms with E-state index in [0.717, 1.165) is 25.0 Å². The summed E-state index contributed by atoms with van der Waals surface area (Å²) in [5.41, 5.74) is -1.60. The molecule has 2 amide bonds. The second kappa shape index (κ2) is 11.3. The Kier molecular flexibility index (Phi) is 8.80. The van der Waals surface area contributed by atoms with Crippen LogP contribution in [0.25, 0.3) is 0 Å². The molecule has 1 aliphatic heterocycles. The topological polar surface area (TPSA) is 62.2 Å². The Balaban J connectivity index is 1.83. The molecule has 1 unspecified atom stereocenters. The second-order valence-electron chi connectivity index (χ2n) is 9.10. The Hall–Kier alpha value is -2.78. The van der Waals surface area contributed by atoms with Gasteiger partial charge in [-0.05, 0) is 54.8 Å². The zero-order valence-corrected chi connectivity index (χ0v) is 22.5. The minimum atomic E-state index is -4.81. The summed E-state index contributed by atoms with van der Waals surface area (Å²) < 4.78 is 42.8. The Morgan fingerprint density at radius 3 is 2.32 bits per heavy atom. The van der Waals surface area contributed by atoms with E-state index < -0.39 is 18.2 Å². The van der Waals surface area contributed by atoms with Crippen LogP contribution < -0.4 is 0 Å². The van der Waals surface area contributed by atoms with E-state index in [2.05, 4.69) is 5.16 Å². The van der Waals surface area contributed by atoms with Gasteiger partial charge in [0.1, 0.15) is 0 Å². The van der Waals surface area contributed by atoms with Crippen LogP contribution in [0.5, 0.6) is 0 Å². The fourth-order valence-corrected chi connectivity index (χ4v) is 4.66. The SMILES string of the molecule is CCCCN(CN(C)C(=O)c1ccc(C2=NOC(c3cc(Cl)cc(Cl)c3)(C(F)(F)F)C2)cc1C)C(C)=O. The molecule has 3 rings (SSSR count). The lowest BCUT2D eigenvalue weighted by Gasteiger charge is -2.29. The van der Waals surface area contributed by atoms with Gasteiger partial charge < -0.3 is 14.6 Å². The van der Waals surface area contributed by atoms with E-state index in [9.17, 15) is 22.8 Å². The van der Waals surface area contributed by atoms with Crippen LogP contribution in [0.1, 0.15) is 60.2 Å². The lowest BCUT2D eigenvalue weighted by Crippen LogP contribution is -2.42. The standard InChI is InChI=1S/C26H28Cl2F3N3O3/c1-5-6-9-34(17(3)35)15-33(4)24(36)22-8-7-18(10-16(22)2)23-14-25(37-32-23,26(29,30)31)19-11-20(27)13-21(28)12-19/h7-8,10-13H,5-6,9,14-15H2,1-4H3. The molecule has 0 radical (unpaired) electrons. The lowest BCUT2D eigenvalue weighted by molar-refractivity contribution is -0.275. The number of carbonyl (C=O) groups excluding carboxylic acids is 2. The maximum absolute atomic E-state index is 14.3. The molecule has 2 aromatic carbocycles. The number of oxime groups is 1. The van der Waals surface area contributed by atoms with Crippen molar-refractivity contribution in [3.05, 3.63) is 68.7 Å². The summed E-state index contributed by atoms with van der Waals surface area (Å²) in [4.78, 5) is 33.1. The number of benzene rings is 2. The van der Waals surface area contributed by atoms with Crippen LogP contribution >= 0.6 is 23.2 Å². The highest BCUT2D eigenvalue weighted by Crippen LogP contribution is 2.49. The molecular weight excluding hydrogens is 530 g/mol. The molecule has 0 N–H and O–H groups in total. The average molecular weight is 558 g/mol. The Labute approximate surface area is 224 Å². The van der Waals surface area contributed by atoms with E-state index in [4.69, 9.17) is 28.0 Å². The molecule has 0 saturated carbocycles. The number of hydrogen-bond acceptors (Lipinski definition) is 4. The molecule has 0 saturated heterocycles. The van der Waals surface area contributed by atoms with Gasteiger partial charge in [-0.1, -0.05) is 47.8 Å². The molecule has 0 bridgehead atoms. The first-order valence-electron chi connectivity index (χ1n) is 11.7. The van der Waals surface area contributed by atoms with E-state index in [1.54, 1.807) is 31.0 Å². The highest BCUT2D eigenvalue weighted by molar-refractivity contribution is 6.34. The number of rotatable bonds is 8. The maximum atomic E-state index is 14.3. The van der Waals surface area contributed by atoms with Crippen molar-refractivity contribution in [2.75, 3.05) is 20.3 Å². The fourth-order valence-electron chi connectivity index (χ4n) is 4.13. The summed E-state index contributed by atoms with van der Waals surface area (Å²) in [5, 5.41) is 3.86. The zero-order valence-electron chi connectivity index (χ0n) is 21.0. The third-order valence-corrected chi connectivity index (χ3v) is 6.70. The van der Waals surface area contributed by atoms with Gasteiger partial charge >= 0.3 is 6.18 Å². The van der Waals surface area contributed by atoms with E-state index in [1.165, 1.54) is 24.0 Å². The molecular formula is C26H28Cl2F3N3O3. The monoisotopic (exact) mass is 557 g/mol. The van der Waals surface area contributed by atoms with Crippen molar-refractivity contribution < 1.29 is 27.6 Å². The number of hydrogen-bond donors (Lipinski definition) is 0. The summed E-state index contributed by atoms with van der Waals surface area (Å²) in [6, 6.07) is 8.33. The van der Waals surface area contributed by atoms with Gasteiger partial charge in [-0.15, -0.1) is 0 Å². The molecule has 200 valence electrons. The minimum absolute atomic E-state index is 0.0454. The van der Waals surface area contributed by atoms with Crippen LogP contribution in [0, 0.1) is 6.92 Å². The van der Waals surface area contributed by atoms with Gasteiger partial charge in [-0.2, -0.15) is 13.2 Å². The predicted molar refractivity (Wildman–Crippen MR) is 137 cm³/mol. The molecule has 11 heteroatoms. The summed E-state index contributed by atoms with van der Waals surface area (Å²) in [6.45, 7) is 5.83. The summed E-state index contributed by atoms with van der Waals surface area (Å²) in [5.74, 6) is -0.442. The van der Waals surface area contributed by atoms with Crippen molar-refractivity contribution in [2.24, 2.45) is 5.16 Å². The minimum Gasteiger partial charge on any atom is -0.374 e. The largest absolute Gasteiger partial charge is 0.435 e.